The Bertz CT molecular complexity index is 1080. The van der Waals surface area contributed by atoms with Crippen LogP contribution in [0.4, 0.5) is 0 Å². The highest BCUT2D eigenvalue weighted by atomic mass is 32.2. The molecule has 0 aliphatic carbocycles. The van der Waals surface area contributed by atoms with Gasteiger partial charge in [-0.05, 0) is 56.1 Å². The van der Waals surface area contributed by atoms with E-state index in [1.807, 2.05) is 54.3 Å². The second-order valence-electron chi connectivity index (χ2n) is 9.90. The average molecular weight is 500 g/mol. The number of nitrogens with zero attached hydrogens (tertiary/aromatic N) is 3. The minimum absolute atomic E-state index is 0.0845. The number of ether oxygens (including phenoxy) is 1. The molecular formula is C27H37N3O4S. The van der Waals surface area contributed by atoms with Gasteiger partial charge in [-0.25, -0.2) is 8.42 Å². The molecule has 2 aliphatic rings. The van der Waals surface area contributed by atoms with Crippen LogP contribution in [0, 0.1) is 5.41 Å². The van der Waals surface area contributed by atoms with Crippen molar-refractivity contribution in [3.8, 4) is 5.75 Å². The third kappa shape index (κ3) is 6.23. The first-order chi connectivity index (χ1) is 16.8. The number of sulfonamides is 1. The van der Waals surface area contributed by atoms with Gasteiger partial charge in [-0.2, -0.15) is 4.31 Å². The van der Waals surface area contributed by atoms with E-state index >= 15 is 0 Å². The number of likely N-dealkylation sites (N-methyl/N-ethyl adjacent to an activating group) is 1. The molecule has 1 amide bonds. The molecule has 2 aliphatic heterocycles. The monoisotopic (exact) mass is 499 g/mol. The fourth-order valence-electron chi connectivity index (χ4n) is 4.97. The van der Waals surface area contributed by atoms with Crippen molar-refractivity contribution in [3.05, 3.63) is 60.2 Å². The van der Waals surface area contributed by atoms with Crippen molar-refractivity contribution in [1.82, 2.24) is 14.1 Å². The molecule has 1 atom stereocenters. The quantitative estimate of drug-likeness (QED) is 0.558. The molecule has 2 fully saturated rings. The summed E-state index contributed by atoms with van der Waals surface area (Å²) < 4.78 is 34.8. The molecule has 4 rings (SSSR count). The summed E-state index contributed by atoms with van der Waals surface area (Å²) in [6, 6.07) is 16.7. The molecule has 7 nitrogen and oxygen atoms in total. The highest BCUT2D eigenvalue weighted by molar-refractivity contribution is 7.89. The van der Waals surface area contributed by atoms with Gasteiger partial charge in [0.05, 0.1) is 11.5 Å². The number of carbonyl (C=O) groups is 1. The van der Waals surface area contributed by atoms with Crippen LogP contribution in [-0.4, -0.2) is 81.4 Å². The zero-order valence-corrected chi connectivity index (χ0v) is 21.7. The summed E-state index contributed by atoms with van der Waals surface area (Å²) in [7, 11) is -1.60. The van der Waals surface area contributed by atoms with Crippen LogP contribution in [0.3, 0.4) is 0 Å². The minimum Gasteiger partial charge on any atom is -0.493 e. The molecule has 2 aromatic rings. The average Bonchev–Trinajstić information content (AvgIpc) is 2.88. The van der Waals surface area contributed by atoms with Crippen molar-refractivity contribution < 1.29 is 17.9 Å². The normalized spacial score (nSPS) is 22.2. The van der Waals surface area contributed by atoms with E-state index in [1.54, 1.807) is 16.4 Å². The van der Waals surface area contributed by atoms with Crippen LogP contribution < -0.4 is 4.74 Å². The number of hydrogen-bond acceptors (Lipinski definition) is 5. The lowest BCUT2D eigenvalue weighted by atomic mass is 9.78. The van der Waals surface area contributed by atoms with Crippen LogP contribution in [-0.2, 0) is 21.2 Å². The van der Waals surface area contributed by atoms with Crippen LogP contribution in [0.25, 0.3) is 0 Å². The van der Waals surface area contributed by atoms with Crippen LogP contribution >= 0.6 is 0 Å². The summed E-state index contributed by atoms with van der Waals surface area (Å²) in [5.41, 5.74) is 0.524. The first kappa shape index (κ1) is 25.7. The summed E-state index contributed by atoms with van der Waals surface area (Å²) in [5.74, 6) is 0.815. The van der Waals surface area contributed by atoms with Gasteiger partial charge in [0.2, 0.25) is 15.9 Å². The van der Waals surface area contributed by atoms with Gasteiger partial charge in [-0.1, -0.05) is 37.3 Å². The van der Waals surface area contributed by atoms with E-state index in [-0.39, 0.29) is 18.9 Å². The van der Waals surface area contributed by atoms with Crippen molar-refractivity contribution >= 4 is 15.9 Å². The molecule has 0 radical (unpaired) electrons. The molecule has 2 aromatic carbocycles. The van der Waals surface area contributed by atoms with Crippen molar-refractivity contribution in [2.45, 2.75) is 37.5 Å². The van der Waals surface area contributed by atoms with E-state index in [0.717, 1.165) is 37.2 Å². The number of aryl methyl sites for hydroxylation is 1. The largest absolute Gasteiger partial charge is 0.493 e. The molecular weight excluding hydrogens is 462 g/mol. The van der Waals surface area contributed by atoms with E-state index < -0.39 is 15.4 Å². The molecule has 0 N–H and O–H groups in total. The molecule has 0 aromatic heterocycles. The Labute approximate surface area is 209 Å². The van der Waals surface area contributed by atoms with E-state index in [0.29, 0.717) is 37.6 Å². The predicted molar refractivity (Wildman–Crippen MR) is 137 cm³/mol. The number of piperidine rings is 1. The van der Waals surface area contributed by atoms with Crippen molar-refractivity contribution in [3.63, 3.8) is 0 Å². The molecule has 0 spiro atoms. The van der Waals surface area contributed by atoms with Gasteiger partial charge in [0.25, 0.3) is 0 Å². The second-order valence-corrected chi connectivity index (χ2v) is 11.8. The van der Waals surface area contributed by atoms with E-state index in [9.17, 15) is 13.2 Å². The topological polar surface area (TPSA) is 70.2 Å². The second kappa shape index (κ2) is 11.1. The third-order valence-corrected chi connectivity index (χ3v) is 9.13. The summed E-state index contributed by atoms with van der Waals surface area (Å²) >= 11 is 0. The summed E-state index contributed by atoms with van der Waals surface area (Å²) in [6.45, 7) is 6.20. The number of piperazine rings is 1. The molecule has 0 saturated carbocycles. The smallest absolute Gasteiger partial charge is 0.243 e. The predicted octanol–water partition coefficient (Wildman–Crippen LogP) is 3.26. The first-order valence-electron chi connectivity index (χ1n) is 12.5. The van der Waals surface area contributed by atoms with Gasteiger partial charge in [0.15, 0.2) is 0 Å². The lowest BCUT2D eigenvalue weighted by molar-refractivity contribution is -0.136. The number of amides is 1. The van der Waals surface area contributed by atoms with Gasteiger partial charge in [0.1, 0.15) is 5.75 Å². The Balaban J connectivity index is 1.55. The Morgan fingerprint density at radius 1 is 0.971 bits per heavy atom. The SMILES string of the molecule is CCc1ccc(S(=O)(=O)N2CCC[C@](COc3ccccc3)(CC(=O)N3CCN(C)CC3)C2)cc1. The van der Waals surface area contributed by atoms with Gasteiger partial charge in [-0.15, -0.1) is 0 Å². The molecule has 8 heteroatoms. The number of carbonyl (C=O) groups excluding carboxylic acids is 1. The van der Waals surface area contributed by atoms with E-state index in [4.69, 9.17) is 4.74 Å². The van der Waals surface area contributed by atoms with Crippen LogP contribution in [0.5, 0.6) is 5.75 Å². The maximum Gasteiger partial charge on any atom is 0.243 e. The summed E-state index contributed by atoms with van der Waals surface area (Å²) in [6.07, 6.45) is 2.59. The summed E-state index contributed by atoms with van der Waals surface area (Å²) in [4.78, 5) is 17.8. The highest BCUT2D eigenvalue weighted by Crippen LogP contribution is 2.37. The van der Waals surface area contributed by atoms with Crippen LogP contribution in [0.1, 0.15) is 31.7 Å². The Hall–Kier alpha value is -2.42. The Kier molecular flexibility index (Phi) is 8.14. The molecule has 35 heavy (non-hydrogen) atoms. The number of hydrogen-bond donors (Lipinski definition) is 0. The van der Waals surface area contributed by atoms with Gasteiger partial charge in [0, 0.05) is 51.1 Å². The van der Waals surface area contributed by atoms with Crippen molar-refractivity contribution in [2.24, 2.45) is 5.41 Å². The molecule has 0 unspecified atom stereocenters. The Morgan fingerprint density at radius 2 is 1.66 bits per heavy atom. The van der Waals surface area contributed by atoms with Crippen molar-refractivity contribution in [2.75, 3.05) is 52.9 Å². The fourth-order valence-corrected chi connectivity index (χ4v) is 6.56. The molecule has 2 heterocycles. The summed E-state index contributed by atoms with van der Waals surface area (Å²) in [5, 5.41) is 0. The molecule has 2 saturated heterocycles. The van der Waals surface area contributed by atoms with E-state index in [1.165, 1.54) is 0 Å². The lowest BCUT2D eigenvalue weighted by Gasteiger charge is -2.43. The Morgan fingerprint density at radius 3 is 2.31 bits per heavy atom. The van der Waals surface area contributed by atoms with E-state index in [2.05, 4.69) is 11.9 Å². The van der Waals surface area contributed by atoms with Gasteiger partial charge >= 0.3 is 0 Å². The van der Waals surface area contributed by atoms with Gasteiger partial charge in [-0.3, -0.25) is 4.79 Å². The van der Waals surface area contributed by atoms with Crippen LogP contribution in [0.15, 0.2) is 59.5 Å². The minimum atomic E-state index is -3.66. The zero-order valence-electron chi connectivity index (χ0n) is 20.9. The highest BCUT2D eigenvalue weighted by Gasteiger charge is 2.43. The van der Waals surface area contributed by atoms with Crippen LogP contribution in [0.2, 0.25) is 0 Å². The third-order valence-electron chi connectivity index (χ3n) is 7.27. The van der Waals surface area contributed by atoms with Gasteiger partial charge < -0.3 is 14.5 Å². The molecule has 190 valence electrons. The number of rotatable bonds is 8. The number of para-hydroxylation sites is 1. The maximum atomic E-state index is 13.6. The maximum absolute atomic E-state index is 13.6. The lowest BCUT2D eigenvalue weighted by Crippen LogP contribution is -2.53. The first-order valence-corrected chi connectivity index (χ1v) is 14.0. The van der Waals surface area contributed by atoms with Crippen molar-refractivity contribution in [1.29, 1.82) is 0 Å². The zero-order chi connectivity index (χ0) is 24.9. The molecule has 0 bridgehead atoms. The number of benzene rings is 2. The standard InChI is InChI=1S/C27H37N3O4S/c1-3-23-10-12-25(13-11-23)35(32,33)30-15-7-14-27(21-30,22-34-24-8-5-4-6-9-24)20-26(31)29-18-16-28(2)17-19-29/h4-6,8-13H,3,7,14-22H2,1-2H3/t27-/m0/s1. The fraction of sp³-hybridized carbons (Fsp3) is 0.519.